The summed E-state index contributed by atoms with van der Waals surface area (Å²) in [5, 5.41) is 0. The molecule has 0 fully saturated rings. The van der Waals surface area contributed by atoms with Crippen molar-refractivity contribution < 1.29 is 9.59 Å². The molecule has 0 aliphatic carbocycles. The molecule has 1 heterocycles. The summed E-state index contributed by atoms with van der Waals surface area (Å²) in [7, 11) is 1.56. The van der Waals surface area contributed by atoms with Crippen LogP contribution in [-0.2, 0) is 7.05 Å². The molecule has 0 unspecified atom stereocenters. The molecule has 0 saturated heterocycles. The van der Waals surface area contributed by atoms with Crippen LogP contribution in [0.15, 0.2) is 12.1 Å². The van der Waals surface area contributed by atoms with Gasteiger partial charge in [-0.15, -0.1) is 0 Å². The Labute approximate surface area is 68.9 Å². The molecule has 0 spiro atoms. The Morgan fingerprint density at radius 3 is 1.67 bits per heavy atom. The lowest BCUT2D eigenvalue weighted by Gasteiger charge is -2.00. The van der Waals surface area contributed by atoms with Gasteiger partial charge in [-0.05, 0) is 12.1 Å². The van der Waals surface area contributed by atoms with Gasteiger partial charge in [0.1, 0.15) is 11.4 Å². The number of amides is 2. The number of carbonyl (C=O) groups is 2. The van der Waals surface area contributed by atoms with Gasteiger partial charge in [-0.1, -0.05) is 0 Å². The first-order chi connectivity index (χ1) is 5.54. The molecule has 0 radical (unpaired) electrons. The van der Waals surface area contributed by atoms with Gasteiger partial charge in [0.2, 0.25) is 0 Å². The molecule has 0 atom stereocenters. The Hall–Kier alpha value is -1.78. The number of primary amides is 2. The van der Waals surface area contributed by atoms with E-state index in [4.69, 9.17) is 11.5 Å². The van der Waals surface area contributed by atoms with E-state index >= 15 is 0 Å². The van der Waals surface area contributed by atoms with E-state index in [0.717, 1.165) is 0 Å². The fourth-order valence-corrected chi connectivity index (χ4v) is 1.01. The van der Waals surface area contributed by atoms with Crippen LogP contribution in [0, 0.1) is 0 Å². The van der Waals surface area contributed by atoms with Crippen LogP contribution in [0.4, 0.5) is 0 Å². The van der Waals surface area contributed by atoms with E-state index < -0.39 is 11.8 Å². The smallest absolute Gasteiger partial charge is 0.265 e. The number of hydrogen-bond acceptors (Lipinski definition) is 2. The normalized spacial score (nSPS) is 9.75. The van der Waals surface area contributed by atoms with Gasteiger partial charge in [0, 0.05) is 7.05 Å². The van der Waals surface area contributed by atoms with Gasteiger partial charge in [0.25, 0.3) is 11.8 Å². The number of nitrogens with zero attached hydrogens (tertiary/aromatic N) is 1. The quantitative estimate of drug-likeness (QED) is 0.605. The van der Waals surface area contributed by atoms with Crippen LogP contribution < -0.4 is 11.5 Å². The predicted molar refractivity (Wildman–Crippen MR) is 42.4 cm³/mol. The average Bonchev–Trinajstić information content (AvgIpc) is 2.30. The number of nitrogens with two attached hydrogens (primary N) is 2. The summed E-state index contributed by atoms with van der Waals surface area (Å²) in [5.74, 6) is -1.16. The minimum absolute atomic E-state index is 0.267. The topological polar surface area (TPSA) is 91.1 Å². The zero-order chi connectivity index (χ0) is 9.30. The van der Waals surface area contributed by atoms with Crippen LogP contribution in [0.3, 0.4) is 0 Å². The third-order valence-corrected chi connectivity index (χ3v) is 1.63. The third-order valence-electron chi connectivity index (χ3n) is 1.63. The van der Waals surface area contributed by atoms with Crippen LogP contribution >= 0.6 is 0 Å². The molecule has 64 valence electrons. The second-order valence-electron chi connectivity index (χ2n) is 2.39. The van der Waals surface area contributed by atoms with Crippen molar-refractivity contribution in [2.24, 2.45) is 18.5 Å². The standard InChI is InChI=1S/C7H9N3O2/c1-10-4(6(8)11)2-3-5(10)7(9)12/h2-3H,1H3,(H2,8,11)(H2,9,12). The highest BCUT2D eigenvalue weighted by molar-refractivity contribution is 5.96. The first kappa shape index (κ1) is 8.32. The van der Waals surface area contributed by atoms with Gasteiger partial charge in [0.15, 0.2) is 0 Å². The highest BCUT2D eigenvalue weighted by atomic mass is 16.2. The van der Waals surface area contributed by atoms with E-state index in [1.54, 1.807) is 7.05 Å². The van der Waals surface area contributed by atoms with E-state index in [1.807, 2.05) is 0 Å². The van der Waals surface area contributed by atoms with Crippen molar-refractivity contribution in [2.75, 3.05) is 0 Å². The van der Waals surface area contributed by atoms with Crippen molar-refractivity contribution in [3.05, 3.63) is 23.5 Å². The number of carbonyl (C=O) groups excluding carboxylic acids is 2. The van der Waals surface area contributed by atoms with E-state index in [-0.39, 0.29) is 11.4 Å². The van der Waals surface area contributed by atoms with E-state index in [0.29, 0.717) is 0 Å². The van der Waals surface area contributed by atoms with Gasteiger partial charge in [-0.3, -0.25) is 9.59 Å². The first-order valence-corrected chi connectivity index (χ1v) is 3.29. The Kier molecular flexibility index (Phi) is 1.86. The second kappa shape index (κ2) is 2.69. The SMILES string of the molecule is Cn1c(C(N)=O)ccc1C(N)=O. The van der Waals surface area contributed by atoms with Crippen molar-refractivity contribution >= 4 is 11.8 Å². The van der Waals surface area contributed by atoms with Crippen LogP contribution in [0.5, 0.6) is 0 Å². The first-order valence-electron chi connectivity index (χ1n) is 3.29. The summed E-state index contributed by atoms with van der Waals surface area (Å²) in [6.07, 6.45) is 0. The molecule has 1 rings (SSSR count). The minimum Gasteiger partial charge on any atom is -0.364 e. The van der Waals surface area contributed by atoms with Crippen molar-refractivity contribution in [1.82, 2.24) is 4.57 Å². The molecule has 0 saturated carbocycles. The Balaban J connectivity index is 3.22. The lowest BCUT2D eigenvalue weighted by Crippen LogP contribution is -2.20. The maximum Gasteiger partial charge on any atom is 0.265 e. The summed E-state index contributed by atoms with van der Waals surface area (Å²) in [6, 6.07) is 2.92. The predicted octanol–water partition coefficient (Wildman–Crippen LogP) is -0.777. The van der Waals surface area contributed by atoms with Crippen LogP contribution in [-0.4, -0.2) is 16.4 Å². The molecular formula is C7H9N3O2. The Morgan fingerprint density at radius 1 is 1.17 bits per heavy atom. The van der Waals surface area contributed by atoms with Crippen molar-refractivity contribution in [1.29, 1.82) is 0 Å². The maximum atomic E-state index is 10.7. The highest BCUT2D eigenvalue weighted by Crippen LogP contribution is 2.05. The molecule has 4 N–H and O–H groups in total. The summed E-state index contributed by atoms with van der Waals surface area (Å²) >= 11 is 0. The summed E-state index contributed by atoms with van der Waals surface area (Å²) in [5.41, 5.74) is 10.6. The molecule has 0 aliphatic rings. The molecular weight excluding hydrogens is 158 g/mol. The summed E-state index contributed by atoms with van der Waals surface area (Å²) in [6.45, 7) is 0. The molecule has 5 heteroatoms. The van der Waals surface area contributed by atoms with Crippen LogP contribution in [0.1, 0.15) is 21.0 Å². The lowest BCUT2D eigenvalue weighted by atomic mass is 10.4. The summed E-state index contributed by atoms with van der Waals surface area (Å²) in [4.78, 5) is 21.4. The van der Waals surface area contributed by atoms with E-state index in [2.05, 4.69) is 0 Å². The third kappa shape index (κ3) is 1.16. The van der Waals surface area contributed by atoms with Crippen molar-refractivity contribution in [3.8, 4) is 0 Å². The van der Waals surface area contributed by atoms with Gasteiger partial charge in [0.05, 0.1) is 0 Å². The molecule has 5 nitrogen and oxygen atoms in total. The number of aromatic nitrogens is 1. The molecule has 1 aromatic rings. The number of hydrogen-bond donors (Lipinski definition) is 2. The van der Waals surface area contributed by atoms with Crippen LogP contribution in [0.25, 0.3) is 0 Å². The Bertz CT molecular complexity index is 309. The van der Waals surface area contributed by atoms with Gasteiger partial charge in [-0.25, -0.2) is 0 Å². The van der Waals surface area contributed by atoms with Gasteiger partial charge >= 0.3 is 0 Å². The molecule has 2 amide bonds. The van der Waals surface area contributed by atoms with E-state index in [9.17, 15) is 9.59 Å². The fourth-order valence-electron chi connectivity index (χ4n) is 1.01. The fraction of sp³-hybridized carbons (Fsp3) is 0.143. The monoisotopic (exact) mass is 167 g/mol. The van der Waals surface area contributed by atoms with Gasteiger partial charge < -0.3 is 16.0 Å². The zero-order valence-corrected chi connectivity index (χ0v) is 6.57. The molecule has 12 heavy (non-hydrogen) atoms. The molecule has 0 aliphatic heterocycles. The maximum absolute atomic E-state index is 10.7. The average molecular weight is 167 g/mol. The second-order valence-corrected chi connectivity index (χ2v) is 2.39. The lowest BCUT2D eigenvalue weighted by molar-refractivity contribution is 0.0988. The largest absolute Gasteiger partial charge is 0.364 e. The van der Waals surface area contributed by atoms with Crippen molar-refractivity contribution in [2.45, 2.75) is 0 Å². The van der Waals surface area contributed by atoms with Crippen LogP contribution in [0.2, 0.25) is 0 Å². The minimum atomic E-state index is -0.579. The molecule has 0 bridgehead atoms. The highest BCUT2D eigenvalue weighted by Gasteiger charge is 2.11. The number of rotatable bonds is 2. The van der Waals surface area contributed by atoms with Crippen molar-refractivity contribution in [3.63, 3.8) is 0 Å². The Morgan fingerprint density at radius 2 is 1.50 bits per heavy atom. The summed E-state index contributed by atoms with van der Waals surface area (Å²) < 4.78 is 1.37. The van der Waals surface area contributed by atoms with E-state index in [1.165, 1.54) is 16.7 Å². The molecule has 0 aromatic carbocycles. The molecule has 1 aromatic heterocycles. The van der Waals surface area contributed by atoms with Gasteiger partial charge in [-0.2, -0.15) is 0 Å². The zero-order valence-electron chi connectivity index (χ0n) is 6.57.